The van der Waals surface area contributed by atoms with Gasteiger partial charge in [0, 0.05) is 38.4 Å². The van der Waals surface area contributed by atoms with Crippen molar-refractivity contribution in [1.82, 2.24) is 19.7 Å². The minimum Gasteiger partial charge on any atom is -0.352 e. The Morgan fingerprint density at radius 2 is 1.72 bits per heavy atom. The Morgan fingerprint density at radius 1 is 0.931 bits per heavy atom. The predicted molar refractivity (Wildman–Crippen MR) is 116 cm³/mol. The Bertz CT molecular complexity index is 1150. The van der Waals surface area contributed by atoms with Crippen LogP contribution in [0.2, 0.25) is 0 Å². The van der Waals surface area contributed by atoms with Crippen LogP contribution in [-0.2, 0) is 6.54 Å². The van der Waals surface area contributed by atoms with E-state index in [4.69, 9.17) is 4.98 Å². The van der Waals surface area contributed by atoms with Crippen molar-refractivity contribution in [2.75, 3.05) is 36.0 Å². The number of thiazole rings is 1. The summed E-state index contributed by atoms with van der Waals surface area (Å²) >= 11 is 1.70. The van der Waals surface area contributed by atoms with Crippen LogP contribution in [-0.4, -0.2) is 45.9 Å². The van der Waals surface area contributed by atoms with Gasteiger partial charge < -0.3 is 9.80 Å². The summed E-state index contributed by atoms with van der Waals surface area (Å²) in [6, 6.07) is 15.4. The summed E-state index contributed by atoms with van der Waals surface area (Å²) in [6.45, 7) is 3.89. The molecule has 3 aromatic heterocycles. The first-order valence-corrected chi connectivity index (χ1v) is 10.4. The highest BCUT2D eigenvalue weighted by Crippen LogP contribution is 2.29. The second-order valence-corrected chi connectivity index (χ2v) is 8.00. The molecule has 0 radical (unpaired) electrons. The molecule has 0 unspecified atom stereocenters. The topological polar surface area (TPSA) is 67.2 Å². The highest BCUT2D eigenvalue weighted by Gasteiger charge is 2.21. The van der Waals surface area contributed by atoms with Gasteiger partial charge in [-0.05, 0) is 17.7 Å². The summed E-state index contributed by atoms with van der Waals surface area (Å²) < 4.78 is 2.70. The van der Waals surface area contributed by atoms with E-state index in [1.54, 1.807) is 23.6 Å². The summed E-state index contributed by atoms with van der Waals surface area (Å²) in [4.78, 5) is 25.6. The number of hydrogen-bond donors (Lipinski definition) is 0. The molecule has 1 aliphatic heterocycles. The molecule has 0 amide bonds. The van der Waals surface area contributed by atoms with E-state index in [9.17, 15) is 4.79 Å². The van der Waals surface area contributed by atoms with Crippen LogP contribution < -0.4 is 15.4 Å². The van der Waals surface area contributed by atoms with Gasteiger partial charge in [0.15, 0.2) is 5.13 Å². The van der Waals surface area contributed by atoms with Crippen molar-refractivity contribution >= 4 is 32.5 Å². The van der Waals surface area contributed by atoms with Gasteiger partial charge in [-0.1, -0.05) is 41.7 Å². The molecular formula is C21H20N6OS. The third kappa shape index (κ3) is 3.71. The molecule has 1 aromatic carbocycles. The average molecular weight is 404 g/mol. The van der Waals surface area contributed by atoms with E-state index in [1.165, 1.54) is 4.68 Å². The van der Waals surface area contributed by atoms with E-state index >= 15 is 0 Å². The van der Waals surface area contributed by atoms with Crippen LogP contribution in [0.25, 0.3) is 10.2 Å². The molecule has 1 saturated heterocycles. The normalized spacial score (nSPS) is 14.5. The van der Waals surface area contributed by atoms with Crippen LogP contribution in [0.1, 0.15) is 5.56 Å². The van der Waals surface area contributed by atoms with Crippen LogP contribution in [0.5, 0.6) is 0 Å². The molecule has 1 fully saturated rings. The number of nitrogens with zero attached hydrogens (tertiary/aromatic N) is 6. The number of fused-ring (bicyclic) bond motifs is 1. The van der Waals surface area contributed by atoms with E-state index in [-0.39, 0.29) is 5.56 Å². The van der Waals surface area contributed by atoms with E-state index in [1.807, 2.05) is 48.7 Å². The molecule has 7 nitrogen and oxygen atoms in total. The van der Waals surface area contributed by atoms with E-state index in [2.05, 4.69) is 19.9 Å². The van der Waals surface area contributed by atoms with Gasteiger partial charge in [0.25, 0.3) is 5.56 Å². The van der Waals surface area contributed by atoms with Crippen molar-refractivity contribution in [2.24, 2.45) is 0 Å². The summed E-state index contributed by atoms with van der Waals surface area (Å²) in [5.74, 6) is 0.841. The Balaban J connectivity index is 1.30. The highest BCUT2D eigenvalue weighted by atomic mass is 32.1. The predicted octanol–water partition coefficient (Wildman–Crippen LogP) is 2.62. The van der Waals surface area contributed by atoms with Crippen molar-refractivity contribution in [1.29, 1.82) is 0 Å². The summed E-state index contributed by atoms with van der Waals surface area (Å²) in [5, 5.41) is 5.65. The molecule has 4 heterocycles. The molecule has 8 heteroatoms. The van der Waals surface area contributed by atoms with Crippen molar-refractivity contribution in [2.45, 2.75) is 6.54 Å². The number of rotatable bonds is 4. The lowest BCUT2D eigenvalue weighted by Crippen LogP contribution is -2.47. The fraction of sp³-hybridized carbons (Fsp3) is 0.238. The molecule has 5 rings (SSSR count). The van der Waals surface area contributed by atoms with Crippen molar-refractivity contribution in [3.05, 3.63) is 76.8 Å². The van der Waals surface area contributed by atoms with E-state index < -0.39 is 0 Å². The summed E-state index contributed by atoms with van der Waals surface area (Å²) in [6.07, 6.45) is 3.61. The fourth-order valence-electron chi connectivity index (χ4n) is 3.51. The van der Waals surface area contributed by atoms with Gasteiger partial charge in [-0.2, -0.15) is 5.10 Å². The van der Waals surface area contributed by atoms with Crippen molar-refractivity contribution in [3.8, 4) is 0 Å². The highest BCUT2D eigenvalue weighted by molar-refractivity contribution is 7.22. The van der Waals surface area contributed by atoms with Gasteiger partial charge in [-0.3, -0.25) is 9.78 Å². The number of piperazine rings is 1. The lowest BCUT2D eigenvalue weighted by molar-refractivity contribution is 0.601. The van der Waals surface area contributed by atoms with E-state index in [0.717, 1.165) is 52.9 Å². The van der Waals surface area contributed by atoms with Crippen LogP contribution in [0, 0.1) is 0 Å². The minimum atomic E-state index is -0.0840. The Kier molecular flexibility index (Phi) is 4.69. The first-order chi connectivity index (χ1) is 14.3. The zero-order valence-electron chi connectivity index (χ0n) is 15.8. The summed E-state index contributed by atoms with van der Waals surface area (Å²) in [5.41, 5.74) is 1.93. The molecule has 0 aliphatic carbocycles. The molecule has 0 spiro atoms. The molecule has 0 saturated carbocycles. The second-order valence-electron chi connectivity index (χ2n) is 6.99. The number of benzene rings is 1. The Hall–Kier alpha value is -3.26. The maximum Gasteiger partial charge on any atom is 0.267 e. The lowest BCUT2D eigenvalue weighted by Gasteiger charge is -2.35. The van der Waals surface area contributed by atoms with Gasteiger partial charge in [0.1, 0.15) is 11.3 Å². The number of hydrogen-bond acceptors (Lipinski definition) is 7. The van der Waals surface area contributed by atoms with Gasteiger partial charge in [-0.25, -0.2) is 9.67 Å². The van der Waals surface area contributed by atoms with Crippen LogP contribution in [0.15, 0.2) is 65.7 Å². The van der Waals surface area contributed by atoms with Crippen molar-refractivity contribution < 1.29 is 0 Å². The molecule has 4 aromatic rings. The summed E-state index contributed by atoms with van der Waals surface area (Å²) in [7, 11) is 0. The van der Waals surface area contributed by atoms with E-state index in [0.29, 0.717) is 6.54 Å². The average Bonchev–Trinajstić information content (AvgIpc) is 3.21. The quantitative estimate of drug-likeness (QED) is 0.521. The molecule has 0 bridgehead atoms. The molecule has 0 atom stereocenters. The maximum atomic E-state index is 12.2. The van der Waals surface area contributed by atoms with Gasteiger partial charge in [0.05, 0.1) is 17.4 Å². The molecule has 1 aliphatic rings. The number of aromatic nitrogens is 4. The standard InChI is InChI=1S/C21H20N6OS/c28-20-7-6-19(24-27(20)15-16-4-2-1-3-5-16)25-10-12-26(13-11-25)21-23-17-14-22-9-8-18(17)29-21/h1-9,14H,10-13,15H2. The monoisotopic (exact) mass is 404 g/mol. The molecular weight excluding hydrogens is 384 g/mol. The zero-order chi connectivity index (χ0) is 19.6. The second kappa shape index (κ2) is 7.63. The van der Waals surface area contributed by atoms with Crippen LogP contribution >= 0.6 is 11.3 Å². The molecule has 146 valence electrons. The Morgan fingerprint density at radius 3 is 2.52 bits per heavy atom. The largest absolute Gasteiger partial charge is 0.352 e. The number of anilines is 2. The third-order valence-corrected chi connectivity index (χ3v) is 6.18. The fourth-order valence-corrected chi connectivity index (χ4v) is 4.49. The molecule has 29 heavy (non-hydrogen) atoms. The smallest absolute Gasteiger partial charge is 0.267 e. The first kappa shape index (κ1) is 17.8. The third-order valence-electron chi connectivity index (χ3n) is 5.08. The zero-order valence-corrected chi connectivity index (χ0v) is 16.6. The van der Waals surface area contributed by atoms with Gasteiger partial charge in [-0.15, -0.1) is 0 Å². The van der Waals surface area contributed by atoms with Crippen LogP contribution in [0.4, 0.5) is 10.9 Å². The first-order valence-electron chi connectivity index (χ1n) is 9.59. The molecule has 0 N–H and O–H groups in total. The maximum absolute atomic E-state index is 12.2. The number of pyridine rings is 1. The van der Waals surface area contributed by atoms with Crippen LogP contribution in [0.3, 0.4) is 0 Å². The SMILES string of the molecule is O=c1ccc(N2CCN(c3nc4cnccc4s3)CC2)nn1Cc1ccccc1. The minimum absolute atomic E-state index is 0.0840. The lowest BCUT2D eigenvalue weighted by atomic mass is 10.2. The van der Waals surface area contributed by atoms with Gasteiger partial charge >= 0.3 is 0 Å². The van der Waals surface area contributed by atoms with Gasteiger partial charge in [0.2, 0.25) is 0 Å². The Labute approximate surface area is 171 Å². The van der Waals surface area contributed by atoms with Crippen molar-refractivity contribution in [3.63, 3.8) is 0 Å².